The second kappa shape index (κ2) is 8.84. The maximum absolute atomic E-state index is 11.5. The molecule has 106 valence electrons. The number of hydrogen-bond donors (Lipinski definition) is 0. The van der Waals surface area contributed by atoms with Crippen LogP contribution in [-0.4, -0.2) is 16.2 Å². The summed E-state index contributed by atoms with van der Waals surface area (Å²) in [6, 6.07) is 0. The molecule has 1 fully saturated rings. The summed E-state index contributed by atoms with van der Waals surface area (Å²) in [6.07, 6.45) is 8.98. The summed E-state index contributed by atoms with van der Waals surface area (Å²) < 4.78 is 7.79. The predicted octanol–water partition coefficient (Wildman–Crippen LogP) is -0.193. The molecule has 0 aliphatic heterocycles. The van der Waals surface area contributed by atoms with Crippen LogP contribution in [0, 0.1) is 10.7 Å². The van der Waals surface area contributed by atoms with Crippen LogP contribution in [0.2, 0.25) is 0 Å². The van der Waals surface area contributed by atoms with Crippen molar-refractivity contribution >= 4 is 12.2 Å². The van der Waals surface area contributed by atoms with Gasteiger partial charge in [-0.2, -0.15) is 0 Å². The molecule has 1 aromatic rings. The molecule has 0 bridgehead atoms. The van der Waals surface area contributed by atoms with Crippen molar-refractivity contribution in [1.29, 1.82) is 0 Å². The monoisotopic (exact) mass is 288 g/mol. The third kappa shape index (κ3) is 4.89. The van der Waals surface area contributed by atoms with Crippen LogP contribution in [0.5, 0.6) is 5.88 Å². The van der Waals surface area contributed by atoms with Crippen LogP contribution in [0.15, 0.2) is 6.20 Å². The minimum absolute atomic E-state index is 0. The minimum atomic E-state index is -0.212. The van der Waals surface area contributed by atoms with Gasteiger partial charge in [-0.05, 0) is 48.8 Å². The molecule has 1 aromatic heterocycles. The Morgan fingerprint density at radius 1 is 1.40 bits per heavy atom. The van der Waals surface area contributed by atoms with Crippen molar-refractivity contribution in [3.8, 4) is 5.88 Å². The fraction of sp³-hybridized carbons (Fsp3) is 0.714. The van der Waals surface area contributed by atoms with Crippen molar-refractivity contribution in [2.24, 2.45) is 5.92 Å². The first-order chi connectivity index (χ1) is 9.20. The number of ether oxygens (including phenoxy) is 1. The smallest absolute Gasteiger partial charge is 0.858 e. The van der Waals surface area contributed by atoms with Crippen LogP contribution >= 0.6 is 12.2 Å². The molecule has 0 radical (unpaired) electrons. The number of hydrogen-bond acceptors (Lipinski definition) is 4. The first-order valence-electron chi connectivity index (χ1n) is 7.05. The van der Waals surface area contributed by atoms with Crippen molar-refractivity contribution in [3.63, 3.8) is 0 Å². The van der Waals surface area contributed by atoms with Gasteiger partial charge in [0.2, 0.25) is 4.77 Å². The molecule has 20 heavy (non-hydrogen) atoms. The molecular formula is C14H21LiN2O2S. The Hall–Kier alpha value is -0.343. The molecule has 2 rings (SSSR count). The van der Waals surface area contributed by atoms with Gasteiger partial charge in [0.05, 0.1) is 6.61 Å². The van der Waals surface area contributed by atoms with Crippen LogP contribution < -0.4 is 24.0 Å². The van der Waals surface area contributed by atoms with E-state index in [0.29, 0.717) is 29.4 Å². The van der Waals surface area contributed by atoms with Crippen LogP contribution in [0.1, 0.15) is 44.6 Å². The fourth-order valence-electron chi connectivity index (χ4n) is 2.53. The summed E-state index contributed by atoms with van der Waals surface area (Å²) in [5.74, 6) is 0.469. The third-order valence-electron chi connectivity index (χ3n) is 3.72. The molecule has 4 nitrogen and oxygen atoms in total. The van der Waals surface area contributed by atoms with Gasteiger partial charge >= 0.3 is 18.9 Å². The molecule has 1 saturated carbocycles. The summed E-state index contributed by atoms with van der Waals surface area (Å²) >= 11 is 5.09. The number of aromatic nitrogens is 2. The number of nitrogens with zero attached hydrogens (tertiary/aromatic N) is 2. The van der Waals surface area contributed by atoms with E-state index in [2.05, 4.69) is 4.98 Å². The van der Waals surface area contributed by atoms with E-state index in [9.17, 15) is 5.11 Å². The van der Waals surface area contributed by atoms with E-state index in [0.717, 1.165) is 6.61 Å². The van der Waals surface area contributed by atoms with E-state index < -0.39 is 0 Å². The van der Waals surface area contributed by atoms with Crippen LogP contribution in [0.25, 0.3) is 0 Å². The molecule has 0 unspecified atom stereocenters. The van der Waals surface area contributed by atoms with E-state index in [4.69, 9.17) is 17.0 Å². The van der Waals surface area contributed by atoms with Crippen molar-refractivity contribution < 1.29 is 28.7 Å². The van der Waals surface area contributed by atoms with E-state index in [1.807, 2.05) is 6.92 Å². The zero-order valence-electron chi connectivity index (χ0n) is 12.4. The number of rotatable bonds is 5. The predicted molar refractivity (Wildman–Crippen MR) is 74.4 cm³/mol. The van der Waals surface area contributed by atoms with Crippen LogP contribution in [-0.2, 0) is 17.9 Å². The Morgan fingerprint density at radius 2 is 2.10 bits per heavy atom. The Balaban J connectivity index is 0.00000200. The van der Waals surface area contributed by atoms with Gasteiger partial charge in [-0.3, -0.25) is 4.57 Å². The zero-order chi connectivity index (χ0) is 13.7. The number of aryl methyl sites for hydroxylation is 1. The second-order valence-electron chi connectivity index (χ2n) is 5.18. The molecule has 0 aromatic carbocycles. The van der Waals surface area contributed by atoms with Gasteiger partial charge in [0.25, 0.3) is 0 Å². The maximum atomic E-state index is 11.5. The van der Waals surface area contributed by atoms with Crippen molar-refractivity contribution in [2.45, 2.75) is 52.2 Å². The van der Waals surface area contributed by atoms with E-state index in [1.54, 1.807) is 10.8 Å². The summed E-state index contributed by atoms with van der Waals surface area (Å²) in [5.41, 5.74) is 0.690. The van der Waals surface area contributed by atoms with Gasteiger partial charge < -0.3 is 9.84 Å². The molecule has 0 N–H and O–H groups in total. The SMILES string of the molecule is CCc1cn(COCC2CCCCC2)c(=S)nc1[O-].[Li+]. The molecule has 0 spiro atoms. The molecule has 1 aliphatic rings. The van der Waals surface area contributed by atoms with E-state index in [1.165, 1.54) is 32.1 Å². The van der Waals surface area contributed by atoms with Gasteiger partial charge in [-0.25, -0.2) is 4.98 Å². The summed E-state index contributed by atoms with van der Waals surface area (Å²) in [6.45, 7) is 3.12. The summed E-state index contributed by atoms with van der Waals surface area (Å²) in [4.78, 5) is 3.85. The molecule has 0 saturated heterocycles. The fourth-order valence-corrected chi connectivity index (χ4v) is 2.72. The van der Waals surface area contributed by atoms with Gasteiger partial charge in [-0.1, -0.05) is 26.2 Å². The van der Waals surface area contributed by atoms with Crippen molar-refractivity contribution in [1.82, 2.24) is 9.55 Å². The molecule has 6 heteroatoms. The first-order valence-corrected chi connectivity index (χ1v) is 7.46. The topological polar surface area (TPSA) is 50.1 Å². The Morgan fingerprint density at radius 3 is 2.75 bits per heavy atom. The molecule has 0 amide bonds. The summed E-state index contributed by atoms with van der Waals surface area (Å²) in [7, 11) is 0. The molecule has 0 atom stereocenters. The van der Waals surface area contributed by atoms with Gasteiger partial charge in [0.15, 0.2) is 0 Å². The van der Waals surface area contributed by atoms with Crippen molar-refractivity contribution in [3.05, 3.63) is 16.5 Å². The van der Waals surface area contributed by atoms with Crippen LogP contribution in [0.4, 0.5) is 0 Å². The molecular weight excluding hydrogens is 267 g/mol. The molecule has 1 heterocycles. The normalized spacial score (nSPS) is 15.8. The van der Waals surface area contributed by atoms with Gasteiger partial charge in [-0.15, -0.1) is 0 Å². The zero-order valence-corrected chi connectivity index (χ0v) is 13.2. The average molecular weight is 288 g/mol. The third-order valence-corrected chi connectivity index (χ3v) is 4.04. The van der Waals surface area contributed by atoms with E-state index in [-0.39, 0.29) is 24.7 Å². The second-order valence-corrected chi connectivity index (χ2v) is 5.55. The Kier molecular flexibility index (Phi) is 7.82. The largest absolute Gasteiger partial charge is 1.00 e. The van der Waals surface area contributed by atoms with E-state index >= 15 is 0 Å². The average Bonchev–Trinajstić information content (AvgIpc) is 2.42. The first kappa shape index (κ1) is 17.7. The van der Waals surface area contributed by atoms with Crippen LogP contribution in [0.3, 0.4) is 0 Å². The standard InChI is InChI=1S/C14H22N2O2S.Li/c1-2-12-8-16(14(19)15-13(12)17)10-18-9-11-6-4-3-5-7-11;/h8,11H,2-7,9-10H2,1H3,(H,15,17,19);/q;+1/p-1. The summed E-state index contributed by atoms with van der Waals surface area (Å²) in [5, 5.41) is 11.5. The maximum Gasteiger partial charge on any atom is 1.00 e. The minimum Gasteiger partial charge on any atom is -0.858 e. The Bertz CT molecular complexity index is 473. The quantitative estimate of drug-likeness (QED) is 0.556. The van der Waals surface area contributed by atoms with Gasteiger partial charge in [0, 0.05) is 6.20 Å². The van der Waals surface area contributed by atoms with Gasteiger partial charge in [0.1, 0.15) is 6.73 Å². The van der Waals surface area contributed by atoms with Crippen molar-refractivity contribution in [2.75, 3.05) is 6.61 Å². The molecule has 1 aliphatic carbocycles. The Labute approximate surface area is 137 Å².